The first-order valence-electron chi connectivity index (χ1n) is 7.77. The van der Waals surface area contributed by atoms with E-state index >= 15 is 0 Å². The van der Waals surface area contributed by atoms with Crippen molar-refractivity contribution in [1.82, 2.24) is 4.90 Å². The van der Waals surface area contributed by atoms with Crippen molar-refractivity contribution in [3.63, 3.8) is 0 Å². The summed E-state index contributed by atoms with van der Waals surface area (Å²) in [7, 11) is 0. The molecule has 1 aliphatic carbocycles. The second-order valence-electron chi connectivity index (χ2n) is 6.24. The molecule has 1 aromatic carbocycles. The average molecular weight is 273 g/mol. The van der Waals surface area contributed by atoms with E-state index in [0.29, 0.717) is 0 Å². The van der Waals surface area contributed by atoms with E-state index in [0.717, 1.165) is 31.8 Å². The van der Waals surface area contributed by atoms with Crippen LogP contribution < -0.4 is 0 Å². The number of carbonyl (C=O) groups is 1. The summed E-state index contributed by atoms with van der Waals surface area (Å²) in [6.45, 7) is 1.93. The number of likely N-dealkylation sites (tertiary alicyclic amines) is 1. The second kappa shape index (κ2) is 5.96. The minimum Gasteiger partial charge on any atom is -0.481 e. The number of nitrogens with zero attached hydrogens (tertiary/aromatic N) is 1. The first-order valence-corrected chi connectivity index (χ1v) is 7.77. The maximum atomic E-state index is 11.0. The summed E-state index contributed by atoms with van der Waals surface area (Å²) in [6, 6.07) is 9.10. The van der Waals surface area contributed by atoms with Crippen molar-refractivity contribution in [1.29, 1.82) is 0 Å². The quantitative estimate of drug-likeness (QED) is 0.894. The van der Waals surface area contributed by atoms with Crippen LogP contribution in [0.4, 0.5) is 0 Å². The predicted molar refractivity (Wildman–Crippen MR) is 78.7 cm³/mol. The van der Waals surface area contributed by atoms with E-state index in [1.165, 1.54) is 30.4 Å². The van der Waals surface area contributed by atoms with Gasteiger partial charge in [-0.15, -0.1) is 0 Å². The van der Waals surface area contributed by atoms with E-state index in [9.17, 15) is 4.79 Å². The Kier molecular flexibility index (Phi) is 4.06. The van der Waals surface area contributed by atoms with Gasteiger partial charge in [-0.1, -0.05) is 30.7 Å². The molecule has 0 aromatic heterocycles. The lowest BCUT2D eigenvalue weighted by Crippen LogP contribution is -2.40. The summed E-state index contributed by atoms with van der Waals surface area (Å²) < 4.78 is 0. The Balaban J connectivity index is 1.67. The third-order valence-corrected chi connectivity index (χ3v) is 4.54. The molecule has 1 heterocycles. The van der Waals surface area contributed by atoms with Crippen LogP contribution in [0.15, 0.2) is 24.3 Å². The molecule has 3 rings (SSSR count). The standard InChI is InChI=1S/C17H23NO2/c19-17(20)11-16-6-1-2-9-18(16)12-13-4-3-5-15(10-13)14-7-8-14/h3-5,10,14,16H,1-2,6-9,11-12H2,(H,19,20). The van der Waals surface area contributed by atoms with Crippen LogP contribution in [0.3, 0.4) is 0 Å². The van der Waals surface area contributed by atoms with E-state index in [1.807, 2.05) is 0 Å². The lowest BCUT2D eigenvalue weighted by Gasteiger charge is -2.35. The summed E-state index contributed by atoms with van der Waals surface area (Å²) in [5, 5.41) is 9.05. The van der Waals surface area contributed by atoms with Crippen molar-refractivity contribution in [2.24, 2.45) is 0 Å². The van der Waals surface area contributed by atoms with E-state index in [4.69, 9.17) is 5.11 Å². The van der Waals surface area contributed by atoms with Crippen LogP contribution in [-0.4, -0.2) is 28.6 Å². The van der Waals surface area contributed by atoms with Gasteiger partial charge in [0.1, 0.15) is 0 Å². The number of hydrogen-bond acceptors (Lipinski definition) is 2. The number of piperidine rings is 1. The first-order chi connectivity index (χ1) is 9.72. The molecule has 1 N–H and O–H groups in total. The molecule has 0 bridgehead atoms. The zero-order chi connectivity index (χ0) is 13.9. The fourth-order valence-electron chi connectivity index (χ4n) is 3.30. The van der Waals surface area contributed by atoms with Gasteiger partial charge in [0.15, 0.2) is 0 Å². The number of benzene rings is 1. The topological polar surface area (TPSA) is 40.5 Å². The van der Waals surface area contributed by atoms with Gasteiger partial charge in [-0.25, -0.2) is 0 Å². The molecule has 20 heavy (non-hydrogen) atoms. The largest absolute Gasteiger partial charge is 0.481 e. The molecule has 0 radical (unpaired) electrons. The number of aliphatic carboxylic acids is 1. The summed E-state index contributed by atoms with van der Waals surface area (Å²) in [5.74, 6) is 0.111. The highest BCUT2D eigenvalue weighted by Crippen LogP contribution is 2.40. The molecule has 1 saturated carbocycles. The molecule has 2 fully saturated rings. The van der Waals surface area contributed by atoms with Gasteiger partial charge in [0.2, 0.25) is 0 Å². The molecule has 1 aliphatic heterocycles. The fraction of sp³-hybridized carbons (Fsp3) is 0.588. The van der Waals surface area contributed by atoms with Gasteiger partial charge in [-0.2, -0.15) is 0 Å². The van der Waals surface area contributed by atoms with E-state index in [-0.39, 0.29) is 12.5 Å². The predicted octanol–water partition coefficient (Wildman–Crippen LogP) is 3.39. The van der Waals surface area contributed by atoms with Crippen LogP contribution in [0.1, 0.15) is 55.6 Å². The molecular formula is C17H23NO2. The highest BCUT2D eigenvalue weighted by atomic mass is 16.4. The van der Waals surface area contributed by atoms with Gasteiger partial charge in [0, 0.05) is 12.6 Å². The minimum absolute atomic E-state index is 0.214. The summed E-state index contributed by atoms with van der Waals surface area (Å²) in [6.07, 6.45) is 6.32. The van der Waals surface area contributed by atoms with Crippen LogP contribution in [-0.2, 0) is 11.3 Å². The first kappa shape index (κ1) is 13.6. The number of carboxylic acid groups (broad SMARTS) is 1. The maximum Gasteiger partial charge on any atom is 0.304 e. The van der Waals surface area contributed by atoms with Crippen LogP contribution in [0.5, 0.6) is 0 Å². The Labute approximate surface area is 120 Å². The number of carboxylic acids is 1. The molecule has 1 unspecified atom stereocenters. The van der Waals surface area contributed by atoms with Gasteiger partial charge >= 0.3 is 5.97 Å². The van der Waals surface area contributed by atoms with Gasteiger partial charge in [-0.3, -0.25) is 9.69 Å². The normalized spacial score (nSPS) is 23.7. The van der Waals surface area contributed by atoms with Gasteiger partial charge < -0.3 is 5.11 Å². The molecule has 108 valence electrons. The van der Waals surface area contributed by atoms with Crippen molar-refractivity contribution >= 4 is 5.97 Å². The fourth-order valence-corrected chi connectivity index (χ4v) is 3.30. The SMILES string of the molecule is O=C(O)CC1CCCCN1Cc1cccc(C2CC2)c1. The average Bonchev–Trinajstić information content (AvgIpc) is 3.25. The molecular weight excluding hydrogens is 250 g/mol. The smallest absolute Gasteiger partial charge is 0.304 e. The molecule has 0 spiro atoms. The molecule has 0 amide bonds. The molecule has 2 aliphatic rings. The van der Waals surface area contributed by atoms with E-state index in [2.05, 4.69) is 29.2 Å². The molecule has 3 nitrogen and oxygen atoms in total. The van der Waals surface area contributed by atoms with Crippen LogP contribution in [0.2, 0.25) is 0 Å². The minimum atomic E-state index is -0.673. The summed E-state index contributed by atoms with van der Waals surface area (Å²) in [4.78, 5) is 13.4. The van der Waals surface area contributed by atoms with Gasteiger partial charge in [0.25, 0.3) is 0 Å². The third kappa shape index (κ3) is 3.40. The highest BCUT2D eigenvalue weighted by Gasteiger charge is 2.26. The zero-order valence-corrected chi connectivity index (χ0v) is 11.9. The molecule has 1 aromatic rings. The molecule has 1 atom stereocenters. The van der Waals surface area contributed by atoms with Crippen LogP contribution >= 0.6 is 0 Å². The molecule has 3 heteroatoms. The van der Waals surface area contributed by atoms with Crippen molar-refractivity contribution in [3.05, 3.63) is 35.4 Å². The summed E-state index contributed by atoms with van der Waals surface area (Å²) >= 11 is 0. The Morgan fingerprint density at radius 2 is 2.10 bits per heavy atom. The Hall–Kier alpha value is -1.35. The Bertz CT molecular complexity index is 482. The monoisotopic (exact) mass is 273 g/mol. The zero-order valence-electron chi connectivity index (χ0n) is 11.9. The van der Waals surface area contributed by atoms with Gasteiger partial charge in [0.05, 0.1) is 6.42 Å². The van der Waals surface area contributed by atoms with E-state index < -0.39 is 5.97 Å². The second-order valence-corrected chi connectivity index (χ2v) is 6.24. The number of hydrogen-bond donors (Lipinski definition) is 1. The third-order valence-electron chi connectivity index (χ3n) is 4.54. The number of rotatable bonds is 5. The summed E-state index contributed by atoms with van der Waals surface area (Å²) in [5.41, 5.74) is 2.81. The van der Waals surface area contributed by atoms with Gasteiger partial charge in [-0.05, 0) is 49.3 Å². The maximum absolute atomic E-state index is 11.0. The highest BCUT2D eigenvalue weighted by molar-refractivity contribution is 5.67. The van der Waals surface area contributed by atoms with Crippen molar-refractivity contribution in [2.75, 3.05) is 6.54 Å². The Morgan fingerprint density at radius 1 is 1.25 bits per heavy atom. The Morgan fingerprint density at radius 3 is 2.85 bits per heavy atom. The lowest BCUT2D eigenvalue weighted by molar-refractivity contribution is -0.138. The van der Waals surface area contributed by atoms with Crippen molar-refractivity contribution in [2.45, 2.75) is 57.0 Å². The molecule has 1 saturated heterocycles. The van der Waals surface area contributed by atoms with Crippen molar-refractivity contribution in [3.8, 4) is 0 Å². The van der Waals surface area contributed by atoms with Crippen molar-refractivity contribution < 1.29 is 9.90 Å². The van der Waals surface area contributed by atoms with Crippen LogP contribution in [0.25, 0.3) is 0 Å². The van der Waals surface area contributed by atoms with E-state index in [1.54, 1.807) is 0 Å². The van der Waals surface area contributed by atoms with Crippen LogP contribution in [0, 0.1) is 0 Å². The lowest BCUT2D eigenvalue weighted by atomic mass is 9.98.